The molecule has 3 rings (SSSR count). The largest absolute Gasteiger partial charge is 0.451 e. The fourth-order valence-corrected chi connectivity index (χ4v) is 3.29. The van der Waals surface area contributed by atoms with Gasteiger partial charge in [-0.2, -0.15) is 0 Å². The Morgan fingerprint density at radius 1 is 1.29 bits per heavy atom. The number of amides is 1. The Hall–Kier alpha value is -1.97. The molecule has 3 N–H and O–H groups in total. The minimum atomic E-state index is -0.129. The van der Waals surface area contributed by atoms with E-state index in [0.717, 1.165) is 17.7 Å². The van der Waals surface area contributed by atoms with Crippen molar-refractivity contribution in [2.45, 2.75) is 39.2 Å². The molecule has 1 saturated carbocycles. The van der Waals surface area contributed by atoms with Crippen molar-refractivity contribution in [3.8, 4) is 0 Å². The van der Waals surface area contributed by atoms with Gasteiger partial charge in [-0.05, 0) is 55.4 Å². The van der Waals surface area contributed by atoms with E-state index in [1.807, 2.05) is 6.07 Å². The van der Waals surface area contributed by atoms with Crippen molar-refractivity contribution in [3.63, 3.8) is 0 Å². The molecule has 3 unspecified atom stereocenters. The second kappa shape index (κ2) is 5.43. The van der Waals surface area contributed by atoms with Crippen molar-refractivity contribution >= 4 is 22.6 Å². The molecule has 4 heteroatoms. The van der Waals surface area contributed by atoms with Crippen LogP contribution in [-0.2, 0) is 0 Å². The molecule has 1 fully saturated rings. The molecular formula is C17H22N2O2. The zero-order chi connectivity index (χ0) is 15.0. The maximum Gasteiger partial charge on any atom is 0.287 e. The minimum absolute atomic E-state index is 0.129. The Balaban J connectivity index is 1.74. The second-order valence-electron chi connectivity index (χ2n) is 6.38. The van der Waals surface area contributed by atoms with Gasteiger partial charge in [0.05, 0.1) is 0 Å². The number of carbonyl (C=O) groups excluding carboxylic acids is 1. The molecule has 3 atom stereocenters. The summed E-state index contributed by atoms with van der Waals surface area (Å²) in [7, 11) is 0. The average Bonchev–Trinajstić information content (AvgIpc) is 2.85. The maximum absolute atomic E-state index is 12.4. The first-order chi connectivity index (χ1) is 10.0. The van der Waals surface area contributed by atoms with Crippen LogP contribution in [0.1, 0.15) is 43.7 Å². The van der Waals surface area contributed by atoms with Crippen molar-refractivity contribution < 1.29 is 9.21 Å². The van der Waals surface area contributed by atoms with E-state index < -0.39 is 0 Å². The van der Waals surface area contributed by atoms with Crippen molar-refractivity contribution in [2.75, 3.05) is 5.73 Å². The lowest BCUT2D eigenvalue weighted by atomic mass is 9.80. The number of furan rings is 1. The fraction of sp³-hybridized carbons (Fsp3) is 0.471. The Morgan fingerprint density at radius 2 is 2.10 bits per heavy atom. The van der Waals surface area contributed by atoms with E-state index in [0.29, 0.717) is 22.9 Å². The topological polar surface area (TPSA) is 68.3 Å². The van der Waals surface area contributed by atoms with Gasteiger partial charge >= 0.3 is 0 Å². The molecule has 0 saturated heterocycles. The van der Waals surface area contributed by atoms with Gasteiger partial charge in [0.15, 0.2) is 5.76 Å². The molecule has 1 aromatic carbocycles. The zero-order valence-electron chi connectivity index (χ0n) is 12.6. The summed E-state index contributed by atoms with van der Waals surface area (Å²) < 4.78 is 5.62. The van der Waals surface area contributed by atoms with Gasteiger partial charge in [0, 0.05) is 17.1 Å². The van der Waals surface area contributed by atoms with Crippen LogP contribution in [0.3, 0.4) is 0 Å². The predicted octanol–water partition coefficient (Wildman–Crippen LogP) is 3.57. The van der Waals surface area contributed by atoms with E-state index in [4.69, 9.17) is 10.2 Å². The quantitative estimate of drug-likeness (QED) is 0.829. The molecule has 1 amide bonds. The van der Waals surface area contributed by atoms with E-state index >= 15 is 0 Å². The van der Waals surface area contributed by atoms with Crippen LogP contribution in [0.5, 0.6) is 0 Å². The van der Waals surface area contributed by atoms with Gasteiger partial charge in [-0.1, -0.05) is 13.8 Å². The van der Waals surface area contributed by atoms with Crippen LogP contribution in [-0.4, -0.2) is 11.9 Å². The van der Waals surface area contributed by atoms with E-state index in [-0.39, 0.29) is 11.9 Å². The number of hydrogen-bond acceptors (Lipinski definition) is 3. The van der Waals surface area contributed by atoms with Crippen molar-refractivity contribution in [2.24, 2.45) is 11.8 Å². The highest BCUT2D eigenvalue weighted by Crippen LogP contribution is 2.29. The average molecular weight is 286 g/mol. The summed E-state index contributed by atoms with van der Waals surface area (Å²) in [5, 5.41) is 3.98. The summed E-state index contributed by atoms with van der Waals surface area (Å²) in [4.78, 5) is 12.4. The number of nitrogens with two attached hydrogens (primary N) is 1. The molecule has 2 aromatic rings. The summed E-state index contributed by atoms with van der Waals surface area (Å²) >= 11 is 0. The first-order valence-corrected chi connectivity index (χ1v) is 7.63. The molecule has 1 heterocycles. The van der Waals surface area contributed by atoms with Crippen LogP contribution in [0.25, 0.3) is 11.0 Å². The number of nitrogens with one attached hydrogen (secondary N) is 1. The molecule has 4 nitrogen and oxygen atoms in total. The van der Waals surface area contributed by atoms with Crippen LogP contribution in [0.2, 0.25) is 0 Å². The molecule has 1 aliphatic carbocycles. The Morgan fingerprint density at radius 3 is 2.86 bits per heavy atom. The first kappa shape index (κ1) is 14.0. The number of anilines is 1. The third-order valence-corrected chi connectivity index (χ3v) is 4.51. The van der Waals surface area contributed by atoms with Gasteiger partial charge in [-0.3, -0.25) is 4.79 Å². The Kier molecular flexibility index (Phi) is 3.62. The standard InChI is InChI=1S/C17H22N2O2/c1-10-3-5-14(11(2)7-10)19-17(20)16-9-12-8-13(18)4-6-15(12)21-16/h4,6,8-11,14H,3,5,7,18H2,1-2H3,(H,19,20). The van der Waals surface area contributed by atoms with Gasteiger partial charge in [0.25, 0.3) is 5.91 Å². The van der Waals surface area contributed by atoms with Crippen molar-refractivity contribution in [1.82, 2.24) is 5.32 Å². The normalized spacial score (nSPS) is 25.9. The summed E-state index contributed by atoms with van der Waals surface area (Å²) in [6.45, 7) is 4.48. The van der Waals surface area contributed by atoms with Gasteiger partial charge in [0.2, 0.25) is 0 Å². The molecule has 0 spiro atoms. The number of benzene rings is 1. The lowest BCUT2D eigenvalue weighted by Gasteiger charge is -2.32. The SMILES string of the molecule is CC1CCC(NC(=O)c2cc3cc(N)ccc3o2)C(C)C1. The van der Waals surface area contributed by atoms with Gasteiger partial charge in [0.1, 0.15) is 5.58 Å². The minimum Gasteiger partial charge on any atom is -0.451 e. The zero-order valence-corrected chi connectivity index (χ0v) is 12.6. The van der Waals surface area contributed by atoms with Crippen LogP contribution >= 0.6 is 0 Å². The number of rotatable bonds is 2. The van der Waals surface area contributed by atoms with Crippen molar-refractivity contribution in [3.05, 3.63) is 30.0 Å². The Bertz CT molecular complexity index is 662. The lowest BCUT2D eigenvalue weighted by Crippen LogP contribution is -2.42. The van der Waals surface area contributed by atoms with Crippen LogP contribution < -0.4 is 11.1 Å². The van der Waals surface area contributed by atoms with Crippen LogP contribution in [0.4, 0.5) is 5.69 Å². The molecule has 1 aliphatic rings. The molecular weight excluding hydrogens is 264 g/mol. The molecule has 0 bridgehead atoms. The van der Waals surface area contributed by atoms with Crippen LogP contribution in [0.15, 0.2) is 28.7 Å². The first-order valence-electron chi connectivity index (χ1n) is 7.63. The number of fused-ring (bicyclic) bond motifs is 1. The maximum atomic E-state index is 12.4. The highest BCUT2D eigenvalue weighted by atomic mass is 16.3. The van der Waals surface area contributed by atoms with Crippen molar-refractivity contribution in [1.29, 1.82) is 0 Å². The van der Waals surface area contributed by atoms with Gasteiger partial charge < -0.3 is 15.5 Å². The molecule has 0 radical (unpaired) electrons. The smallest absolute Gasteiger partial charge is 0.287 e. The molecule has 112 valence electrons. The highest BCUT2D eigenvalue weighted by Gasteiger charge is 2.27. The fourth-order valence-electron chi connectivity index (χ4n) is 3.29. The van der Waals surface area contributed by atoms with E-state index in [1.165, 1.54) is 12.8 Å². The Labute approximate surface area is 124 Å². The number of hydrogen-bond donors (Lipinski definition) is 2. The third kappa shape index (κ3) is 2.89. The van der Waals surface area contributed by atoms with E-state index in [2.05, 4.69) is 19.2 Å². The summed E-state index contributed by atoms with van der Waals surface area (Å²) in [5.74, 6) is 1.50. The van der Waals surface area contributed by atoms with Gasteiger partial charge in [-0.25, -0.2) is 0 Å². The number of carbonyl (C=O) groups is 1. The summed E-state index contributed by atoms with van der Waals surface area (Å²) in [6.07, 6.45) is 3.38. The monoisotopic (exact) mass is 286 g/mol. The van der Waals surface area contributed by atoms with E-state index in [1.54, 1.807) is 18.2 Å². The second-order valence-corrected chi connectivity index (χ2v) is 6.38. The summed E-state index contributed by atoms with van der Waals surface area (Å²) in [6, 6.07) is 7.40. The third-order valence-electron chi connectivity index (χ3n) is 4.51. The molecule has 0 aliphatic heterocycles. The predicted molar refractivity (Wildman–Crippen MR) is 84.1 cm³/mol. The number of nitrogen functional groups attached to an aromatic ring is 1. The highest BCUT2D eigenvalue weighted by molar-refractivity contribution is 5.96. The molecule has 1 aromatic heterocycles. The molecule has 21 heavy (non-hydrogen) atoms. The lowest BCUT2D eigenvalue weighted by molar-refractivity contribution is 0.0873. The van der Waals surface area contributed by atoms with E-state index in [9.17, 15) is 4.79 Å². The van der Waals surface area contributed by atoms with Crippen LogP contribution in [0, 0.1) is 11.8 Å². The van der Waals surface area contributed by atoms with Gasteiger partial charge in [-0.15, -0.1) is 0 Å². The summed E-state index contributed by atoms with van der Waals surface area (Å²) in [5.41, 5.74) is 7.11.